The van der Waals surface area contributed by atoms with E-state index in [-0.39, 0.29) is 18.5 Å². The highest BCUT2D eigenvalue weighted by atomic mass is 35.5. The average molecular weight is 440 g/mol. The van der Waals surface area contributed by atoms with Crippen LogP contribution in [0.5, 0.6) is 0 Å². The molecule has 0 atom stereocenters. The molecule has 3 aromatic rings. The Morgan fingerprint density at radius 2 is 2.04 bits per heavy atom. The van der Waals surface area contributed by atoms with Gasteiger partial charge in [-0.05, 0) is 36.4 Å². The van der Waals surface area contributed by atoms with Crippen molar-refractivity contribution in [1.82, 2.24) is 13.7 Å². The lowest BCUT2D eigenvalue weighted by atomic mass is 9.98. The third-order valence-electron chi connectivity index (χ3n) is 4.70. The van der Waals surface area contributed by atoms with E-state index in [1.54, 1.807) is 46.4 Å². The predicted octanol–water partition coefficient (Wildman–Crippen LogP) is 3.19. The predicted molar refractivity (Wildman–Crippen MR) is 106 cm³/mol. The van der Waals surface area contributed by atoms with E-state index in [2.05, 4.69) is 4.98 Å². The zero-order valence-electron chi connectivity index (χ0n) is 14.8. The molecule has 148 valence electrons. The number of nitrogens with zero attached hydrogens (tertiary/aromatic N) is 3. The quantitative estimate of drug-likeness (QED) is 0.570. The van der Waals surface area contributed by atoms with Gasteiger partial charge in [-0.1, -0.05) is 17.7 Å². The molecule has 0 saturated carbocycles. The molecule has 0 radical (unpaired) electrons. The number of sulfonamides is 1. The Balaban J connectivity index is 1.32. The van der Waals surface area contributed by atoms with Gasteiger partial charge in [0.05, 0.1) is 16.6 Å². The normalized spacial score (nSPS) is 16.5. The minimum atomic E-state index is -3.47. The molecule has 10 heteroatoms. The summed E-state index contributed by atoms with van der Waals surface area (Å²) in [6, 6.07) is 6.85. The molecule has 0 spiro atoms. The van der Waals surface area contributed by atoms with Crippen molar-refractivity contribution in [3.05, 3.63) is 52.8 Å². The van der Waals surface area contributed by atoms with Crippen molar-refractivity contribution in [3.63, 3.8) is 0 Å². The molecular weight excluding hydrogens is 422 g/mol. The lowest BCUT2D eigenvalue weighted by Gasteiger charge is -2.29. The number of esters is 1. The van der Waals surface area contributed by atoms with Crippen molar-refractivity contribution in [3.8, 4) is 0 Å². The van der Waals surface area contributed by atoms with Crippen LogP contribution in [0.15, 0.2) is 46.2 Å². The fourth-order valence-corrected chi connectivity index (χ4v) is 6.00. The Hall–Kier alpha value is -1.94. The molecule has 0 aromatic carbocycles. The first-order chi connectivity index (χ1) is 13.4. The van der Waals surface area contributed by atoms with E-state index in [9.17, 15) is 13.2 Å². The van der Waals surface area contributed by atoms with Crippen LogP contribution < -0.4 is 0 Å². The van der Waals surface area contributed by atoms with Crippen molar-refractivity contribution in [2.75, 3.05) is 13.1 Å². The molecule has 4 rings (SSSR count). The van der Waals surface area contributed by atoms with Gasteiger partial charge in [0.15, 0.2) is 0 Å². The summed E-state index contributed by atoms with van der Waals surface area (Å²) in [4.78, 5) is 16.8. The minimum absolute atomic E-state index is 0.0752. The summed E-state index contributed by atoms with van der Waals surface area (Å²) in [5.74, 6) is -0.621. The molecule has 0 amide bonds. The molecule has 0 N–H and O–H groups in total. The molecule has 1 aliphatic heterocycles. The van der Waals surface area contributed by atoms with Gasteiger partial charge in [-0.15, -0.1) is 11.3 Å². The summed E-state index contributed by atoms with van der Waals surface area (Å²) < 4.78 is 34.0. The number of ether oxygens (including phenoxy) is 1. The van der Waals surface area contributed by atoms with Crippen LogP contribution in [0, 0.1) is 5.92 Å². The van der Waals surface area contributed by atoms with Gasteiger partial charge in [0.25, 0.3) is 10.0 Å². The summed E-state index contributed by atoms with van der Waals surface area (Å²) in [5, 5.41) is 2.34. The Morgan fingerprint density at radius 3 is 2.75 bits per heavy atom. The number of halogens is 1. The largest absolute Gasteiger partial charge is 0.459 e. The van der Waals surface area contributed by atoms with Gasteiger partial charge >= 0.3 is 5.97 Å². The van der Waals surface area contributed by atoms with Gasteiger partial charge in [0.1, 0.15) is 16.5 Å². The zero-order valence-corrected chi connectivity index (χ0v) is 17.2. The van der Waals surface area contributed by atoms with Crippen LogP contribution in [0.3, 0.4) is 0 Å². The fraction of sp³-hybridized carbons (Fsp3) is 0.333. The van der Waals surface area contributed by atoms with Crippen LogP contribution in [-0.2, 0) is 26.2 Å². The topological polar surface area (TPSA) is 81.0 Å². The van der Waals surface area contributed by atoms with Crippen LogP contribution in [0.1, 0.15) is 18.5 Å². The highest BCUT2D eigenvalue weighted by molar-refractivity contribution is 7.91. The number of hydrogen-bond acceptors (Lipinski definition) is 6. The first-order valence-corrected chi connectivity index (χ1v) is 11.5. The summed E-state index contributed by atoms with van der Waals surface area (Å²) >= 11 is 7.15. The van der Waals surface area contributed by atoms with Gasteiger partial charge in [-0.25, -0.2) is 13.4 Å². The van der Waals surface area contributed by atoms with E-state index in [1.807, 2.05) is 0 Å². The number of thiophene rings is 1. The molecule has 1 fully saturated rings. The second-order valence-electron chi connectivity index (χ2n) is 6.56. The van der Waals surface area contributed by atoms with E-state index in [4.69, 9.17) is 16.3 Å². The number of imidazole rings is 1. The van der Waals surface area contributed by atoms with Crippen LogP contribution >= 0.6 is 22.9 Å². The van der Waals surface area contributed by atoms with Crippen LogP contribution in [0.4, 0.5) is 0 Å². The van der Waals surface area contributed by atoms with E-state index in [0.29, 0.717) is 40.9 Å². The number of pyridine rings is 1. The number of aromatic nitrogens is 2. The lowest BCUT2D eigenvalue weighted by Crippen LogP contribution is -2.40. The SMILES string of the molecule is O=C(OCc1cn2cc(Cl)ccc2n1)C1CCN(S(=O)(=O)c2cccs2)CC1. The third kappa shape index (κ3) is 3.93. The summed E-state index contributed by atoms with van der Waals surface area (Å²) in [6.45, 7) is 0.700. The molecule has 0 aliphatic carbocycles. The third-order valence-corrected chi connectivity index (χ3v) is 8.20. The molecule has 0 bridgehead atoms. The number of piperidine rings is 1. The molecule has 4 heterocycles. The maximum absolute atomic E-state index is 12.5. The monoisotopic (exact) mass is 439 g/mol. The molecule has 7 nitrogen and oxygen atoms in total. The van der Waals surface area contributed by atoms with E-state index in [1.165, 1.54) is 15.6 Å². The number of rotatable bonds is 5. The molecule has 1 aliphatic rings. The highest BCUT2D eigenvalue weighted by Gasteiger charge is 2.33. The molecule has 0 unspecified atom stereocenters. The summed E-state index contributed by atoms with van der Waals surface area (Å²) in [6.07, 6.45) is 4.40. The smallest absolute Gasteiger partial charge is 0.309 e. The first-order valence-electron chi connectivity index (χ1n) is 8.77. The Morgan fingerprint density at radius 1 is 1.25 bits per heavy atom. The second kappa shape index (κ2) is 7.82. The van der Waals surface area contributed by atoms with Gasteiger partial charge in [-0.3, -0.25) is 4.79 Å². The molecule has 1 saturated heterocycles. The van der Waals surface area contributed by atoms with Gasteiger partial charge in [0.2, 0.25) is 0 Å². The van der Waals surface area contributed by atoms with Gasteiger partial charge in [-0.2, -0.15) is 4.31 Å². The Bertz CT molecular complexity index is 1090. The standard InChI is InChI=1S/C18H18ClN3O4S2/c19-14-3-4-16-20-15(11-21(16)10-14)12-26-18(23)13-5-7-22(8-6-13)28(24,25)17-2-1-9-27-17/h1-4,9-11,13H,5-8,12H2. The second-order valence-corrected chi connectivity index (χ2v) is 10.1. The highest BCUT2D eigenvalue weighted by Crippen LogP contribution is 2.27. The number of carbonyl (C=O) groups is 1. The summed E-state index contributed by atoms with van der Waals surface area (Å²) in [7, 11) is -3.47. The molecule has 3 aromatic heterocycles. The Kier molecular flexibility index (Phi) is 5.42. The summed E-state index contributed by atoms with van der Waals surface area (Å²) in [5.41, 5.74) is 1.36. The van der Waals surface area contributed by atoms with Crippen LogP contribution in [0.25, 0.3) is 5.65 Å². The van der Waals surface area contributed by atoms with E-state index >= 15 is 0 Å². The number of hydrogen-bond donors (Lipinski definition) is 0. The van der Waals surface area contributed by atoms with Crippen molar-refractivity contribution >= 4 is 44.6 Å². The fourth-order valence-electron chi connectivity index (χ4n) is 3.22. The van der Waals surface area contributed by atoms with Gasteiger partial charge < -0.3 is 9.14 Å². The minimum Gasteiger partial charge on any atom is -0.459 e. The van der Waals surface area contributed by atoms with Crippen molar-refractivity contribution in [2.24, 2.45) is 5.92 Å². The van der Waals surface area contributed by atoms with E-state index in [0.717, 1.165) is 5.65 Å². The van der Waals surface area contributed by atoms with E-state index < -0.39 is 10.0 Å². The van der Waals surface area contributed by atoms with Crippen molar-refractivity contribution in [1.29, 1.82) is 0 Å². The average Bonchev–Trinajstić information content (AvgIpc) is 3.36. The Labute approximate surface area is 171 Å². The van der Waals surface area contributed by atoms with Crippen LogP contribution in [0.2, 0.25) is 5.02 Å². The number of carbonyl (C=O) groups excluding carboxylic acids is 1. The van der Waals surface area contributed by atoms with Gasteiger partial charge in [0, 0.05) is 25.5 Å². The molecule has 28 heavy (non-hydrogen) atoms. The van der Waals surface area contributed by atoms with Crippen LogP contribution in [-0.4, -0.2) is 41.2 Å². The van der Waals surface area contributed by atoms with Crippen molar-refractivity contribution < 1.29 is 17.9 Å². The lowest BCUT2D eigenvalue weighted by molar-refractivity contribution is -0.151. The van der Waals surface area contributed by atoms with Crippen molar-refractivity contribution in [2.45, 2.75) is 23.7 Å². The molecular formula is C18H18ClN3O4S2. The maximum Gasteiger partial charge on any atom is 0.309 e. The maximum atomic E-state index is 12.5. The first kappa shape index (κ1) is 19.4. The number of fused-ring (bicyclic) bond motifs is 1. The zero-order chi connectivity index (χ0) is 19.7.